The van der Waals surface area contributed by atoms with Gasteiger partial charge >= 0.3 is 0 Å². The van der Waals surface area contributed by atoms with E-state index >= 15 is 0 Å². The molecule has 0 spiro atoms. The molecule has 3 aromatic rings. The number of rotatable bonds is 7. The first kappa shape index (κ1) is 21.8. The first-order valence-corrected chi connectivity index (χ1v) is 10.8. The molecular weight excluding hydrogens is 410 g/mol. The predicted molar refractivity (Wildman–Crippen MR) is 123 cm³/mol. The van der Waals surface area contributed by atoms with E-state index in [1.54, 1.807) is 11.9 Å². The van der Waals surface area contributed by atoms with Gasteiger partial charge in [0, 0.05) is 58.1 Å². The monoisotopic (exact) mass is 438 g/mol. The van der Waals surface area contributed by atoms with Gasteiger partial charge in [-0.15, -0.1) is 0 Å². The lowest BCUT2D eigenvalue weighted by Gasteiger charge is -2.21. The molecule has 8 heteroatoms. The van der Waals surface area contributed by atoms with Gasteiger partial charge in [-0.05, 0) is 24.1 Å². The van der Waals surface area contributed by atoms with Crippen LogP contribution in [-0.2, 0) is 13.0 Å². The summed E-state index contributed by atoms with van der Waals surface area (Å²) < 4.78 is 30.3. The third-order valence-electron chi connectivity index (χ3n) is 5.64. The first-order valence-electron chi connectivity index (χ1n) is 10.8. The molecule has 1 aliphatic rings. The van der Waals surface area contributed by atoms with Crippen molar-refractivity contribution in [2.45, 2.75) is 25.4 Å². The molecule has 0 amide bonds. The molecule has 0 bridgehead atoms. The number of aliphatic imine (C=N–C) groups is 1. The summed E-state index contributed by atoms with van der Waals surface area (Å²) in [6.07, 6.45) is 5.33. The second-order valence-corrected chi connectivity index (χ2v) is 7.85. The van der Waals surface area contributed by atoms with Gasteiger partial charge in [-0.2, -0.15) is 0 Å². The van der Waals surface area contributed by atoms with Crippen molar-refractivity contribution in [3.05, 3.63) is 83.9 Å². The van der Waals surface area contributed by atoms with Gasteiger partial charge in [-0.3, -0.25) is 4.99 Å². The summed E-state index contributed by atoms with van der Waals surface area (Å²) in [5.74, 6) is 0.615. The summed E-state index contributed by atoms with van der Waals surface area (Å²) in [5.41, 5.74) is 1.28. The van der Waals surface area contributed by atoms with Gasteiger partial charge in [0.25, 0.3) is 0 Å². The minimum absolute atomic E-state index is 0.0463. The number of nitrogens with zero attached hydrogens (tertiary/aromatic N) is 4. The molecular formula is C24H28F2N6. The number of para-hydroxylation sites is 1. The van der Waals surface area contributed by atoms with E-state index in [9.17, 15) is 8.78 Å². The molecule has 1 atom stereocenters. The van der Waals surface area contributed by atoms with Crippen LogP contribution in [-0.4, -0.2) is 48.2 Å². The Morgan fingerprint density at radius 2 is 1.91 bits per heavy atom. The van der Waals surface area contributed by atoms with E-state index in [0.29, 0.717) is 25.6 Å². The average Bonchev–Trinajstić information content (AvgIpc) is 3.43. The van der Waals surface area contributed by atoms with Crippen LogP contribution >= 0.6 is 0 Å². The smallest absolute Gasteiger partial charge is 0.191 e. The third-order valence-corrected chi connectivity index (χ3v) is 5.64. The van der Waals surface area contributed by atoms with Gasteiger partial charge < -0.3 is 20.1 Å². The van der Waals surface area contributed by atoms with E-state index in [2.05, 4.69) is 37.3 Å². The molecule has 1 unspecified atom stereocenters. The second kappa shape index (κ2) is 10.3. The van der Waals surface area contributed by atoms with Crippen molar-refractivity contribution >= 4 is 11.6 Å². The molecule has 6 nitrogen and oxygen atoms in total. The SMILES string of the molecule is CN=C(NCCc1nccn1Cc1ccccc1)NC1CCN(c2c(F)cccc2F)C1. The van der Waals surface area contributed by atoms with Crippen LogP contribution in [0.25, 0.3) is 0 Å². The molecule has 1 saturated heterocycles. The highest BCUT2D eigenvalue weighted by Crippen LogP contribution is 2.26. The Morgan fingerprint density at radius 1 is 1.12 bits per heavy atom. The fourth-order valence-electron chi connectivity index (χ4n) is 4.05. The third kappa shape index (κ3) is 5.25. The molecule has 1 aliphatic heterocycles. The highest BCUT2D eigenvalue weighted by atomic mass is 19.1. The van der Waals surface area contributed by atoms with Crippen molar-refractivity contribution in [3.63, 3.8) is 0 Å². The van der Waals surface area contributed by atoms with Crippen LogP contribution < -0.4 is 15.5 Å². The van der Waals surface area contributed by atoms with E-state index < -0.39 is 11.6 Å². The summed E-state index contributed by atoms with van der Waals surface area (Å²) in [6.45, 7) is 2.56. The molecule has 4 rings (SSSR count). The fourth-order valence-corrected chi connectivity index (χ4v) is 4.05. The van der Waals surface area contributed by atoms with Crippen LogP contribution in [0.1, 0.15) is 17.8 Å². The summed E-state index contributed by atoms with van der Waals surface area (Å²) in [6, 6.07) is 14.3. The van der Waals surface area contributed by atoms with Crippen LogP contribution in [0.5, 0.6) is 0 Å². The normalized spacial score (nSPS) is 16.4. The molecule has 2 heterocycles. The van der Waals surface area contributed by atoms with Crippen molar-refractivity contribution in [1.82, 2.24) is 20.2 Å². The number of imidazole rings is 1. The maximum absolute atomic E-state index is 14.1. The Labute approximate surface area is 187 Å². The van der Waals surface area contributed by atoms with Crippen LogP contribution in [0, 0.1) is 11.6 Å². The van der Waals surface area contributed by atoms with Gasteiger partial charge in [0.05, 0.1) is 0 Å². The van der Waals surface area contributed by atoms with Crippen molar-refractivity contribution in [2.24, 2.45) is 4.99 Å². The largest absolute Gasteiger partial charge is 0.365 e. The summed E-state index contributed by atoms with van der Waals surface area (Å²) in [5, 5.41) is 6.69. The zero-order valence-corrected chi connectivity index (χ0v) is 18.1. The van der Waals surface area contributed by atoms with Crippen LogP contribution in [0.15, 0.2) is 65.9 Å². The Kier molecular flexibility index (Phi) is 6.99. The van der Waals surface area contributed by atoms with Crippen LogP contribution in [0.3, 0.4) is 0 Å². The zero-order chi connectivity index (χ0) is 22.3. The quantitative estimate of drug-likeness (QED) is 0.439. The fraction of sp³-hybridized carbons (Fsp3) is 0.333. The van der Waals surface area contributed by atoms with Crippen molar-refractivity contribution in [3.8, 4) is 0 Å². The number of nitrogens with one attached hydrogen (secondary N) is 2. The number of hydrogen-bond donors (Lipinski definition) is 2. The summed E-state index contributed by atoms with van der Waals surface area (Å²) in [4.78, 5) is 10.5. The number of aromatic nitrogens is 2. The maximum atomic E-state index is 14.1. The lowest BCUT2D eigenvalue weighted by Crippen LogP contribution is -2.45. The minimum Gasteiger partial charge on any atom is -0.365 e. The average molecular weight is 439 g/mol. The number of guanidine groups is 1. The van der Waals surface area contributed by atoms with Gasteiger partial charge in [0.1, 0.15) is 23.1 Å². The minimum atomic E-state index is -0.529. The number of benzene rings is 2. The summed E-state index contributed by atoms with van der Waals surface area (Å²) in [7, 11) is 1.72. The van der Waals surface area contributed by atoms with Crippen LogP contribution in [0.4, 0.5) is 14.5 Å². The zero-order valence-electron chi connectivity index (χ0n) is 18.1. The number of hydrogen-bond acceptors (Lipinski definition) is 3. The lowest BCUT2D eigenvalue weighted by atomic mass is 10.2. The molecule has 2 aromatic carbocycles. The van der Waals surface area contributed by atoms with E-state index in [-0.39, 0.29) is 11.7 Å². The highest BCUT2D eigenvalue weighted by Gasteiger charge is 2.27. The van der Waals surface area contributed by atoms with Gasteiger partial charge in [-0.25, -0.2) is 13.8 Å². The standard InChI is InChI=1S/C24H28F2N6/c1-27-24(30-19-11-14-32(17-19)23-20(25)8-5-9-21(23)26)29-12-10-22-28-13-15-31(22)16-18-6-3-2-4-7-18/h2-9,13,15,19H,10-12,14,16-17H2,1H3,(H2,27,29,30). The topological polar surface area (TPSA) is 57.5 Å². The number of anilines is 1. The molecule has 168 valence electrons. The van der Waals surface area contributed by atoms with E-state index in [4.69, 9.17) is 0 Å². The Hall–Kier alpha value is -3.42. The molecule has 0 radical (unpaired) electrons. The molecule has 1 aromatic heterocycles. The predicted octanol–water partition coefficient (Wildman–Crippen LogP) is 3.20. The highest BCUT2D eigenvalue weighted by molar-refractivity contribution is 5.80. The van der Waals surface area contributed by atoms with E-state index in [1.165, 1.54) is 23.8 Å². The molecule has 32 heavy (non-hydrogen) atoms. The Bertz CT molecular complexity index is 1030. The second-order valence-electron chi connectivity index (χ2n) is 7.85. The van der Waals surface area contributed by atoms with Crippen molar-refractivity contribution in [1.29, 1.82) is 0 Å². The number of halogens is 2. The first-order chi connectivity index (χ1) is 15.6. The molecule has 0 saturated carbocycles. The summed E-state index contributed by atoms with van der Waals surface area (Å²) >= 11 is 0. The Balaban J connectivity index is 1.27. The Morgan fingerprint density at radius 3 is 2.66 bits per heavy atom. The van der Waals surface area contributed by atoms with Crippen molar-refractivity contribution < 1.29 is 8.78 Å². The van der Waals surface area contributed by atoms with Gasteiger partial charge in [-0.1, -0.05) is 36.4 Å². The maximum Gasteiger partial charge on any atom is 0.191 e. The van der Waals surface area contributed by atoms with Gasteiger partial charge in [0.15, 0.2) is 5.96 Å². The van der Waals surface area contributed by atoms with E-state index in [0.717, 1.165) is 25.2 Å². The molecule has 2 N–H and O–H groups in total. The van der Waals surface area contributed by atoms with Crippen LogP contribution in [0.2, 0.25) is 0 Å². The van der Waals surface area contributed by atoms with E-state index in [1.807, 2.05) is 30.6 Å². The molecule has 1 fully saturated rings. The lowest BCUT2D eigenvalue weighted by molar-refractivity contribution is 0.576. The molecule has 0 aliphatic carbocycles. The van der Waals surface area contributed by atoms with Crippen molar-refractivity contribution in [2.75, 3.05) is 31.6 Å². The van der Waals surface area contributed by atoms with Gasteiger partial charge in [0.2, 0.25) is 0 Å².